The third-order valence-corrected chi connectivity index (χ3v) is 4.54. The number of nitrogens with zero attached hydrogens (tertiary/aromatic N) is 3. The second-order valence-electron chi connectivity index (χ2n) is 5.82. The van der Waals surface area contributed by atoms with Crippen molar-refractivity contribution in [3.05, 3.63) is 11.4 Å². The summed E-state index contributed by atoms with van der Waals surface area (Å²) in [6.07, 6.45) is 3.06. The Morgan fingerprint density at radius 2 is 2.38 bits per heavy atom. The van der Waals surface area contributed by atoms with Crippen molar-refractivity contribution in [2.24, 2.45) is 0 Å². The molecule has 0 saturated carbocycles. The second-order valence-corrected chi connectivity index (χ2v) is 5.82. The van der Waals surface area contributed by atoms with Gasteiger partial charge in [-0.1, -0.05) is 10.3 Å². The number of amides is 1. The van der Waals surface area contributed by atoms with Crippen LogP contribution in [0.2, 0.25) is 0 Å². The first-order valence-corrected chi connectivity index (χ1v) is 7.37. The zero-order chi connectivity index (χ0) is 14.9. The van der Waals surface area contributed by atoms with Crippen molar-refractivity contribution in [3.63, 3.8) is 0 Å². The molecule has 2 fully saturated rings. The molecule has 1 aromatic rings. The number of ether oxygens (including phenoxy) is 2. The van der Waals surface area contributed by atoms with Gasteiger partial charge in [0, 0.05) is 20.3 Å². The van der Waals surface area contributed by atoms with Crippen LogP contribution in [0.15, 0.2) is 4.63 Å². The van der Waals surface area contributed by atoms with E-state index in [4.69, 9.17) is 9.47 Å². The lowest BCUT2D eigenvalue weighted by Gasteiger charge is -2.44. The summed E-state index contributed by atoms with van der Waals surface area (Å²) in [5, 5.41) is 7.49. The van der Waals surface area contributed by atoms with E-state index in [2.05, 4.69) is 14.9 Å². The van der Waals surface area contributed by atoms with E-state index in [1.165, 1.54) is 0 Å². The van der Waals surface area contributed by atoms with Crippen molar-refractivity contribution in [2.75, 3.05) is 26.8 Å². The lowest BCUT2D eigenvalue weighted by Crippen LogP contribution is -2.58. The van der Waals surface area contributed by atoms with E-state index < -0.39 is 0 Å². The van der Waals surface area contributed by atoms with Crippen molar-refractivity contribution in [3.8, 4) is 0 Å². The van der Waals surface area contributed by atoms with Gasteiger partial charge in [-0.05, 0) is 26.2 Å². The van der Waals surface area contributed by atoms with Crippen LogP contribution < -0.4 is 0 Å². The molecule has 0 radical (unpaired) electrons. The van der Waals surface area contributed by atoms with Crippen molar-refractivity contribution in [1.82, 2.24) is 15.2 Å². The molecular formula is C14H21N3O4. The van der Waals surface area contributed by atoms with Crippen LogP contribution in [0.25, 0.3) is 0 Å². The van der Waals surface area contributed by atoms with E-state index in [9.17, 15) is 4.79 Å². The SMILES string of the molecule is CO[C@H]1CCN(C(=O)Cc2nonc2C)C[C@@]12CCCO2. The highest BCUT2D eigenvalue weighted by Gasteiger charge is 2.48. The quantitative estimate of drug-likeness (QED) is 0.817. The predicted octanol–water partition coefficient (Wildman–Crippen LogP) is 0.717. The number of piperidine rings is 1. The highest BCUT2D eigenvalue weighted by molar-refractivity contribution is 5.78. The van der Waals surface area contributed by atoms with Gasteiger partial charge in [0.1, 0.15) is 17.0 Å². The molecule has 0 unspecified atom stereocenters. The summed E-state index contributed by atoms with van der Waals surface area (Å²) in [5.74, 6) is 0.0400. The van der Waals surface area contributed by atoms with Gasteiger partial charge in [-0.2, -0.15) is 0 Å². The molecular weight excluding hydrogens is 274 g/mol. The van der Waals surface area contributed by atoms with Gasteiger partial charge in [-0.3, -0.25) is 4.79 Å². The van der Waals surface area contributed by atoms with Crippen LogP contribution in [0, 0.1) is 6.92 Å². The van der Waals surface area contributed by atoms with Crippen molar-refractivity contribution < 1.29 is 18.9 Å². The summed E-state index contributed by atoms with van der Waals surface area (Å²) < 4.78 is 16.2. The number of rotatable bonds is 3. The zero-order valence-corrected chi connectivity index (χ0v) is 12.5. The first-order valence-electron chi connectivity index (χ1n) is 7.37. The smallest absolute Gasteiger partial charge is 0.228 e. The number of likely N-dealkylation sites (tertiary alicyclic amines) is 1. The highest BCUT2D eigenvalue weighted by Crippen LogP contribution is 2.36. The number of aryl methyl sites for hydroxylation is 1. The van der Waals surface area contributed by atoms with Crippen molar-refractivity contribution in [2.45, 2.75) is 44.3 Å². The molecule has 0 aliphatic carbocycles. The van der Waals surface area contributed by atoms with Gasteiger partial charge in [-0.25, -0.2) is 4.63 Å². The largest absolute Gasteiger partial charge is 0.378 e. The Morgan fingerprint density at radius 3 is 3.00 bits per heavy atom. The molecule has 21 heavy (non-hydrogen) atoms. The Kier molecular flexibility index (Phi) is 3.95. The van der Waals surface area contributed by atoms with Crippen LogP contribution >= 0.6 is 0 Å². The monoisotopic (exact) mass is 295 g/mol. The van der Waals surface area contributed by atoms with Crippen LogP contribution in [0.5, 0.6) is 0 Å². The normalized spacial score (nSPS) is 29.2. The van der Waals surface area contributed by atoms with Gasteiger partial charge in [0.05, 0.1) is 19.1 Å². The van der Waals surface area contributed by atoms with Crippen LogP contribution in [-0.2, 0) is 20.7 Å². The third kappa shape index (κ3) is 2.67. The molecule has 0 bridgehead atoms. The van der Waals surface area contributed by atoms with E-state index in [-0.39, 0.29) is 24.0 Å². The minimum atomic E-state index is -0.334. The number of carbonyl (C=O) groups is 1. The Morgan fingerprint density at radius 1 is 1.52 bits per heavy atom. The molecule has 2 aliphatic heterocycles. The standard InChI is InChI=1S/C14H21N3O4/c1-10-11(16-21-15-10)8-13(18)17-6-4-12(19-2)14(9-17)5-3-7-20-14/h12H,3-9H2,1-2H3/t12-,14-/m0/s1. The molecule has 116 valence electrons. The third-order valence-electron chi connectivity index (χ3n) is 4.54. The van der Waals surface area contributed by atoms with Gasteiger partial charge in [-0.15, -0.1) is 0 Å². The van der Waals surface area contributed by atoms with E-state index >= 15 is 0 Å². The first-order chi connectivity index (χ1) is 10.1. The second kappa shape index (κ2) is 5.73. The summed E-state index contributed by atoms with van der Waals surface area (Å²) in [6, 6.07) is 0. The summed E-state index contributed by atoms with van der Waals surface area (Å²) in [5.41, 5.74) is 0.942. The van der Waals surface area contributed by atoms with E-state index in [1.54, 1.807) is 14.0 Å². The molecule has 0 aromatic carbocycles. The van der Waals surface area contributed by atoms with Gasteiger partial charge in [0.25, 0.3) is 0 Å². The molecule has 2 aliphatic rings. The Hall–Kier alpha value is -1.47. The lowest BCUT2D eigenvalue weighted by molar-refractivity contribution is -0.160. The summed E-state index contributed by atoms with van der Waals surface area (Å²) >= 11 is 0. The van der Waals surface area contributed by atoms with Gasteiger partial charge >= 0.3 is 0 Å². The maximum Gasteiger partial charge on any atom is 0.228 e. The predicted molar refractivity (Wildman–Crippen MR) is 72.7 cm³/mol. The van der Waals surface area contributed by atoms with Gasteiger partial charge in [0.2, 0.25) is 5.91 Å². The fourth-order valence-corrected chi connectivity index (χ4v) is 3.35. The summed E-state index contributed by atoms with van der Waals surface area (Å²) in [4.78, 5) is 14.3. The van der Waals surface area contributed by atoms with Crippen LogP contribution in [-0.4, -0.2) is 59.6 Å². The summed E-state index contributed by atoms with van der Waals surface area (Å²) in [6.45, 7) is 3.81. The molecule has 1 aromatic heterocycles. The minimum absolute atomic E-state index is 0.0400. The van der Waals surface area contributed by atoms with E-state index in [0.29, 0.717) is 24.5 Å². The van der Waals surface area contributed by atoms with E-state index in [0.717, 1.165) is 25.9 Å². The average Bonchev–Trinajstić information content (AvgIpc) is 3.09. The fourth-order valence-electron chi connectivity index (χ4n) is 3.35. The number of hydrogen-bond acceptors (Lipinski definition) is 6. The lowest BCUT2D eigenvalue weighted by atomic mass is 9.86. The molecule has 3 heterocycles. The molecule has 1 spiro atoms. The Bertz CT molecular complexity index is 510. The molecule has 2 atom stereocenters. The number of carbonyl (C=O) groups excluding carboxylic acids is 1. The van der Waals surface area contributed by atoms with Crippen molar-refractivity contribution in [1.29, 1.82) is 0 Å². The molecule has 1 amide bonds. The maximum atomic E-state index is 12.5. The fraction of sp³-hybridized carbons (Fsp3) is 0.786. The number of methoxy groups -OCH3 is 1. The summed E-state index contributed by atoms with van der Waals surface area (Å²) in [7, 11) is 1.72. The first kappa shape index (κ1) is 14.5. The van der Waals surface area contributed by atoms with E-state index in [1.807, 2.05) is 4.90 Å². The highest BCUT2D eigenvalue weighted by atomic mass is 16.6. The molecule has 0 N–H and O–H groups in total. The average molecular weight is 295 g/mol. The molecule has 3 rings (SSSR count). The van der Waals surface area contributed by atoms with Crippen LogP contribution in [0.3, 0.4) is 0 Å². The molecule has 7 heteroatoms. The van der Waals surface area contributed by atoms with Crippen LogP contribution in [0.1, 0.15) is 30.7 Å². The number of aromatic nitrogens is 2. The van der Waals surface area contributed by atoms with Crippen molar-refractivity contribution >= 4 is 5.91 Å². The maximum absolute atomic E-state index is 12.5. The Balaban J connectivity index is 1.69. The van der Waals surface area contributed by atoms with Gasteiger partial charge < -0.3 is 14.4 Å². The molecule has 2 saturated heterocycles. The zero-order valence-electron chi connectivity index (χ0n) is 12.5. The minimum Gasteiger partial charge on any atom is -0.378 e. The number of hydrogen-bond donors (Lipinski definition) is 0. The topological polar surface area (TPSA) is 77.7 Å². The molecule has 7 nitrogen and oxygen atoms in total. The van der Waals surface area contributed by atoms with Crippen LogP contribution in [0.4, 0.5) is 0 Å². The Labute approximate surface area is 123 Å². The van der Waals surface area contributed by atoms with Gasteiger partial charge in [0.15, 0.2) is 0 Å².